The van der Waals surface area contributed by atoms with E-state index in [0.717, 1.165) is 12.0 Å². The summed E-state index contributed by atoms with van der Waals surface area (Å²) in [6.45, 7) is 1.95. The van der Waals surface area contributed by atoms with E-state index in [-0.39, 0.29) is 11.1 Å². The molecule has 7 heteroatoms. The Balaban J connectivity index is 2.21. The van der Waals surface area contributed by atoms with Gasteiger partial charge in [0, 0.05) is 5.75 Å². The molecule has 0 aliphatic heterocycles. The Morgan fingerprint density at radius 2 is 2.26 bits per heavy atom. The number of hydrogen-bond donors (Lipinski definition) is 2. The van der Waals surface area contributed by atoms with Gasteiger partial charge in [-0.25, -0.2) is 9.78 Å². The van der Waals surface area contributed by atoms with E-state index in [1.165, 1.54) is 17.8 Å². The average molecular weight is 329 g/mol. The van der Waals surface area contributed by atoms with E-state index in [9.17, 15) is 9.59 Å². The lowest BCUT2D eigenvalue weighted by Crippen LogP contribution is -2.16. The maximum absolute atomic E-state index is 11.9. The zero-order valence-electron chi connectivity index (χ0n) is 12.5. The third-order valence-corrected chi connectivity index (χ3v) is 4.07. The van der Waals surface area contributed by atoms with E-state index in [1.54, 1.807) is 12.1 Å². The summed E-state index contributed by atoms with van der Waals surface area (Å²) in [5.74, 6) is -0.506. The van der Waals surface area contributed by atoms with Crippen LogP contribution in [-0.2, 0) is 12.2 Å². The molecule has 2 N–H and O–H groups in total. The van der Waals surface area contributed by atoms with E-state index in [0.29, 0.717) is 23.0 Å². The minimum absolute atomic E-state index is 0.0593. The number of benzene rings is 1. The number of aromatic nitrogens is 2. The van der Waals surface area contributed by atoms with Crippen LogP contribution in [0.4, 0.5) is 0 Å². The van der Waals surface area contributed by atoms with Crippen molar-refractivity contribution in [2.45, 2.75) is 30.7 Å². The quantitative estimate of drug-likeness (QED) is 0.623. The van der Waals surface area contributed by atoms with Crippen LogP contribution in [0.2, 0.25) is 0 Å². The van der Waals surface area contributed by atoms with Gasteiger partial charge in [-0.3, -0.25) is 4.79 Å². The van der Waals surface area contributed by atoms with Gasteiger partial charge in [-0.2, -0.15) is 5.26 Å². The number of aryl methyl sites for hydroxylation is 1. The van der Waals surface area contributed by atoms with Crippen molar-refractivity contribution in [1.82, 2.24) is 9.97 Å². The maximum atomic E-state index is 11.9. The van der Waals surface area contributed by atoms with Gasteiger partial charge in [0.2, 0.25) is 0 Å². The summed E-state index contributed by atoms with van der Waals surface area (Å²) in [5, 5.41) is 18.5. The minimum Gasteiger partial charge on any atom is -0.478 e. The van der Waals surface area contributed by atoms with Crippen LogP contribution >= 0.6 is 11.8 Å². The van der Waals surface area contributed by atoms with E-state index < -0.39 is 11.5 Å². The van der Waals surface area contributed by atoms with Crippen LogP contribution < -0.4 is 5.56 Å². The summed E-state index contributed by atoms with van der Waals surface area (Å²) in [7, 11) is 0. The molecule has 0 aliphatic rings. The van der Waals surface area contributed by atoms with Gasteiger partial charge in [0.15, 0.2) is 5.16 Å². The molecule has 0 fully saturated rings. The molecule has 0 saturated carbocycles. The highest BCUT2D eigenvalue weighted by Crippen LogP contribution is 2.20. The Morgan fingerprint density at radius 3 is 2.91 bits per heavy atom. The first-order valence-electron chi connectivity index (χ1n) is 7.03. The molecule has 2 aromatic rings. The molecule has 118 valence electrons. The first-order chi connectivity index (χ1) is 11.0. The molecule has 0 aliphatic carbocycles. The molecule has 0 saturated heterocycles. The summed E-state index contributed by atoms with van der Waals surface area (Å²) < 4.78 is 0. The van der Waals surface area contributed by atoms with Crippen LogP contribution in [0.3, 0.4) is 0 Å². The number of carboxylic acid groups (broad SMARTS) is 1. The molecule has 6 nitrogen and oxygen atoms in total. The molecule has 23 heavy (non-hydrogen) atoms. The molecule has 0 bridgehead atoms. The van der Waals surface area contributed by atoms with Gasteiger partial charge < -0.3 is 10.1 Å². The van der Waals surface area contributed by atoms with Gasteiger partial charge in [-0.15, -0.1) is 0 Å². The molecular weight excluding hydrogens is 314 g/mol. The van der Waals surface area contributed by atoms with Crippen molar-refractivity contribution in [3.05, 3.63) is 57.0 Å². The number of aromatic amines is 1. The summed E-state index contributed by atoms with van der Waals surface area (Å²) >= 11 is 1.30. The lowest BCUT2D eigenvalue weighted by atomic mass is 10.1. The van der Waals surface area contributed by atoms with Crippen molar-refractivity contribution in [2.75, 3.05) is 0 Å². The monoisotopic (exact) mass is 329 g/mol. The van der Waals surface area contributed by atoms with Crippen LogP contribution in [0.1, 0.15) is 40.5 Å². The molecule has 0 unspecified atom stereocenters. The minimum atomic E-state index is -0.980. The van der Waals surface area contributed by atoms with Crippen LogP contribution in [0, 0.1) is 11.3 Å². The Labute approximate surface area is 137 Å². The topological polar surface area (TPSA) is 107 Å². The fourth-order valence-corrected chi connectivity index (χ4v) is 2.87. The number of H-pyrrole nitrogens is 1. The van der Waals surface area contributed by atoms with Crippen molar-refractivity contribution in [2.24, 2.45) is 0 Å². The Bertz CT molecular complexity index is 824. The average Bonchev–Trinajstić information content (AvgIpc) is 2.53. The lowest BCUT2D eigenvalue weighted by Gasteiger charge is -2.06. The van der Waals surface area contributed by atoms with Crippen LogP contribution in [0.25, 0.3) is 0 Å². The second kappa shape index (κ2) is 7.61. The third kappa shape index (κ3) is 4.20. The highest BCUT2D eigenvalue weighted by Gasteiger charge is 2.11. The van der Waals surface area contributed by atoms with Gasteiger partial charge in [-0.1, -0.05) is 37.2 Å². The number of aromatic carboxylic acids is 1. The number of hydrogen-bond acceptors (Lipinski definition) is 5. The molecule has 1 aromatic carbocycles. The molecule has 1 aromatic heterocycles. The van der Waals surface area contributed by atoms with Gasteiger partial charge in [0.1, 0.15) is 11.6 Å². The number of carbonyl (C=O) groups is 1. The van der Waals surface area contributed by atoms with Crippen molar-refractivity contribution in [3.8, 4) is 6.07 Å². The number of nitrogens with one attached hydrogen (secondary N) is 1. The normalized spacial score (nSPS) is 10.3. The smallest absolute Gasteiger partial charge is 0.335 e. The lowest BCUT2D eigenvalue weighted by molar-refractivity contribution is 0.0697. The van der Waals surface area contributed by atoms with Crippen molar-refractivity contribution in [3.63, 3.8) is 0 Å². The number of rotatable bonds is 6. The fraction of sp³-hybridized carbons (Fsp3) is 0.250. The third-order valence-electron chi connectivity index (χ3n) is 3.12. The predicted molar refractivity (Wildman–Crippen MR) is 86.5 cm³/mol. The fourth-order valence-electron chi connectivity index (χ4n) is 2.04. The van der Waals surface area contributed by atoms with E-state index in [1.807, 2.05) is 19.1 Å². The van der Waals surface area contributed by atoms with Gasteiger partial charge >= 0.3 is 5.97 Å². The van der Waals surface area contributed by atoms with Crippen LogP contribution in [0.5, 0.6) is 0 Å². The summed E-state index contributed by atoms with van der Waals surface area (Å²) in [5.41, 5.74) is 1.16. The van der Waals surface area contributed by atoms with E-state index in [4.69, 9.17) is 10.4 Å². The number of nitrogens with zero attached hydrogens (tertiary/aromatic N) is 2. The highest BCUT2D eigenvalue weighted by molar-refractivity contribution is 7.98. The summed E-state index contributed by atoms with van der Waals surface area (Å²) in [6, 6.07) is 8.49. The highest BCUT2D eigenvalue weighted by atomic mass is 32.2. The summed E-state index contributed by atoms with van der Waals surface area (Å²) in [4.78, 5) is 29.8. The zero-order chi connectivity index (χ0) is 16.8. The predicted octanol–water partition coefficient (Wildman–Crippen LogP) is 2.58. The van der Waals surface area contributed by atoms with E-state index in [2.05, 4.69) is 9.97 Å². The van der Waals surface area contributed by atoms with Gasteiger partial charge in [-0.05, 0) is 24.1 Å². The molecular formula is C16H15N3O3S. The Hall–Kier alpha value is -2.59. The molecule has 1 heterocycles. The Kier molecular flexibility index (Phi) is 5.55. The molecule has 2 rings (SSSR count). The van der Waals surface area contributed by atoms with Crippen molar-refractivity contribution < 1.29 is 9.90 Å². The van der Waals surface area contributed by atoms with Crippen LogP contribution in [0.15, 0.2) is 34.2 Å². The van der Waals surface area contributed by atoms with Gasteiger partial charge in [0.05, 0.1) is 11.3 Å². The number of carboxylic acids is 1. The number of nitriles is 1. The Morgan fingerprint density at radius 1 is 1.48 bits per heavy atom. The zero-order valence-corrected chi connectivity index (χ0v) is 13.3. The number of thioether (sulfide) groups is 1. The first-order valence-corrected chi connectivity index (χ1v) is 8.02. The standard InChI is InChI=1S/C16H15N3O3S/c1-2-4-13-12(8-17)14(20)19-16(18-13)23-9-10-5-3-6-11(7-10)15(21)22/h3,5-7H,2,4,9H2,1H3,(H,21,22)(H,18,19,20). The van der Waals surface area contributed by atoms with E-state index >= 15 is 0 Å². The summed E-state index contributed by atoms with van der Waals surface area (Å²) in [6.07, 6.45) is 1.35. The first kappa shape index (κ1) is 16.8. The van der Waals surface area contributed by atoms with Crippen LogP contribution in [-0.4, -0.2) is 21.0 Å². The van der Waals surface area contributed by atoms with Crippen molar-refractivity contribution >= 4 is 17.7 Å². The molecule has 0 spiro atoms. The van der Waals surface area contributed by atoms with Crippen molar-refractivity contribution in [1.29, 1.82) is 5.26 Å². The largest absolute Gasteiger partial charge is 0.478 e. The molecule has 0 atom stereocenters. The molecule has 0 amide bonds. The maximum Gasteiger partial charge on any atom is 0.335 e. The second-order valence-electron chi connectivity index (χ2n) is 4.85. The second-order valence-corrected chi connectivity index (χ2v) is 5.81. The molecule has 0 radical (unpaired) electrons. The SMILES string of the molecule is CCCc1nc(SCc2cccc(C(=O)O)c2)[nH]c(=O)c1C#N. The van der Waals surface area contributed by atoms with Gasteiger partial charge in [0.25, 0.3) is 5.56 Å².